The number of rotatable bonds is 6. The average Bonchev–Trinajstić information content (AvgIpc) is 2.27. The molecule has 0 fully saturated rings. The second-order valence-electron chi connectivity index (χ2n) is 4.11. The van der Waals surface area contributed by atoms with E-state index in [1.807, 2.05) is 0 Å². The number of alkyl halides is 1. The number of hydrogen-bond acceptors (Lipinski definition) is 0. The fourth-order valence-corrected chi connectivity index (χ4v) is 3.44. The quantitative estimate of drug-likeness (QED) is 0.501. The molecule has 84 valence electrons. The Kier molecular flexibility index (Phi) is 6.30. The highest BCUT2D eigenvalue weighted by Gasteiger charge is 2.18. The van der Waals surface area contributed by atoms with Gasteiger partial charge in [0, 0.05) is 3.92 Å². The van der Waals surface area contributed by atoms with Gasteiger partial charge >= 0.3 is 0 Å². The van der Waals surface area contributed by atoms with Crippen LogP contribution >= 0.6 is 22.6 Å². The van der Waals surface area contributed by atoms with Gasteiger partial charge in [-0.15, -0.1) is 0 Å². The first-order chi connectivity index (χ1) is 7.29. The summed E-state index contributed by atoms with van der Waals surface area (Å²) in [5.74, 6) is 0.747. The van der Waals surface area contributed by atoms with Crippen molar-refractivity contribution in [2.75, 3.05) is 0 Å². The highest BCUT2D eigenvalue weighted by molar-refractivity contribution is 14.1. The summed E-state index contributed by atoms with van der Waals surface area (Å²) in [5, 5.41) is 0. The standard InChI is InChI=1S/C14H21I/c1-3-8-13(14(15)9-4-2)12-10-6-5-7-11-12/h5-7,10-11,13-14H,3-4,8-9H2,1-2H3. The largest absolute Gasteiger partial charge is 0.0820 e. The lowest BCUT2D eigenvalue weighted by Gasteiger charge is -2.22. The minimum Gasteiger partial charge on any atom is -0.0820 e. The molecule has 1 aromatic rings. The van der Waals surface area contributed by atoms with Crippen molar-refractivity contribution in [1.82, 2.24) is 0 Å². The molecule has 1 heteroatoms. The van der Waals surface area contributed by atoms with Crippen LogP contribution in [0.5, 0.6) is 0 Å². The highest BCUT2D eigenvalue weighted by atomic mass is 127. The van der Waals surface area contributed by atoms with Crippen molar-refractivity contribution in [2.45, 2.75) is 49.4 Å². The molecular weight excluding hydrogens is 295 g/mol. The van der Waals surface area contributed by atoms with E-state index >= 15 is 0 Å². The molecule has 0 bridgehead atoms. The summed E-state index contributed by atoms with van der Waals surface area (Å²) in [6.07, 6.45) is 5.22. The predicted octanol–water partition coefficient (Wildman–Crippen LogP) is 5.17. The second-order valence-corrected chi connectivity index (χ2v) is 5.71. The van der Waals surface area contributed by atoms with E-state index in [1.165, 1.54) is 31.2 Å². The molecule has 1 rings (SSSR count). The monoisotopic (exact) mass is 316 g/mol. The van der Waals surface area contributed by atoms with Gasteiger partial charge in [0.1, 0.15) is 0 Å². The maximum Gasteiger partial charge on any atom is 0.0178 e. The summed E-state index contributed by atoms with van der Waals surface area (Å²) >= 11 is 2.63. The van der Waals surface area contributed by atoms with Crippen molar-refractivity contribution in [1.29, 1.82) is 0 Å². The van der Waals surface area contributed by atoms with Crippen LogP contribution in [0.1, 0.15) is 51.0 Å². The van der Waals surface area contributed by atoms with Crippen LogP contribution in [0.3, 0.4) is 0 Å². The van der Waals surface area contributed by atoms with Crippen molar-refractivity contribution in [2.24, 2.45) is 0 Å². The van der Waals surface area contributed by atoms with Gasteiger partial charge in [0.2, 0.25) is 0 Å². The Hall–Kier alpha value is -0.0500. The van der Waals surface area contributed by atoms with Crippen molar-refractivity contribution in [3.05, 3.63) is 35.9 Å². The Labute approximate surface area is 108 Å². The molecule has 0 amide bonds. The van der Waals surface area contributed by atoms with Gasteiger partial charge in [-0.25, -0.2) is 0 Å². The lowest BCUT2D eigenvalue weighted by atomic mass is 9.90. The molecule has 0 N–H and O–H groups in total. The molecule has 0 aliphatic rings. The van der Waals surface area contributed by atoms with E-state index in [0.29, 0.717) is 0 Å². The lowest BCUT2D eigenvalue weighted by molar-refractivity contribution is 0.569. The van der Waals surface area contributed by atoms with Crippen LogP contribution in [0.15, 0.2) is 30.3 Å². The van der Waals surface area contributed by atoms with Crippen LogP contribution in [0, 0.1) is 0 Å². The van der Waals surface area contributed by atoms with Gasteiger partial charge in [0.25, 0.3) is 0 Å². The number of halogens is 1. The smallest absolute Gasteiger partial charge is 0.0178 e. The number of hydrogen-bond donors (Lipinski definition) is 0. The van der Waals surface area contributed by atoms with Gasteiger partial charge in [0.15, 0.2) is 0 Å². The summed E-state index contributed by atoms with van der Waals surface area (Å²) in [6.45, 7) is 4.56. The zero-order valence-corrected chi connectivity index (χ0v) is 11.9. The molecule has 0 aliphatic carbocycles. The Morgan fingerprint density at radius 2 is 1.60 bits per heavy atom. The molecule has 0 spiro atoms. The van der Waals surface area contributed by atoms with Crippen LogP contribution in [-0.4, -0.2) is 3.92 Å². The predicted molar refractivity (Wildman–Crippen MR) is 76.8 cm³/mol. The first kappa shape index (κ1) is 13.0. The van der Waals surface area contributed by atoms with Gasteiger partial charge in [-0.1, -0.05) is 79.6 Å². The molecule has 2 unspecified atom stereocenters. The topological polar surface area (TPSA) is 0 Å². The van der Waals surface area contributed by atoms with Crippen molar-refractivity contribution < 1.29 is 0 Å². The molecular formula is C14H21I. The summed E-state index contributed by atoms with van der Waals surface area (Å²) in [4.78, 5) is 0. The minimum atomic E-state index is 0.747. The minimum absolute atomic E-state index is 0.747. The maximum atomic E-state index is 2.63. The molecule has 15 heavy (non-hydrogen) atoms. The molecule has 2 atom stereocenters. The molecule has 0 aliphatic heterocycles. The maximum absolute atomic E-state index is 2.63. The molecule has 1 aromatic carbocycles. The van der Waals surface area contributed by atoms with Gasteiger partial charge < -0.3 is 0 Å². The summed E-state index contributed by atoms with van der Waals surface area (Å²) in [5.41, 5.74) is 1.52. The Morgan fingerprint density at radius 1 is 1.00 bits per heavy atom. The third kappa shape index (κ3) is 4.13. The molecule has 0 radical (unpaired) electrons. The van der Waals surface area contributed by atoms with Crippen LogP contribution in [0.2, 0.25) is 0 Å². The SMILES string of the molecule is CCCC(I)C(CCC)c1ccccc1. The van der Waals surface area contributed by atoms with E-state index in [0.717, 1.165) is 9.84 Å². The second kappa shape index (κ2) is 7.26. The zero-order chi connectivity index (χ0) is 11.1. The fraction of sp³-hybridized carbons (Fsp3) is 0.571. The van der Waals surface area contributed by atoms with Crippen molar-refractivity contribution >= 4 is 22.6 Å². The Morgan fingerprint density at radius 3 is 2.13 bits per heavy atom. The zero-order valence-electron chi connectivity index (χ0n) is 9.75. The van der Waals surface area contributed by atoms with E-state index in [9.17, 15) is 0 Å². The van der Waals surface area contributed by atoms with Crippen LogP contribution < -0.4 is 0 Å². The van der Waals surface area contributed by atoms with Gasteiger partial charge in [0.05, 0.1) is 0 Å². The lowest BCUT2D eigenvalue weighted by Crippen LogP contribution is -2.12. The van der Waals surface area contributed by atoms with Gasteiger partial charge in [-0.3, -0.25) is 0 Å². The normalized spacial score (nSPS) is 14.9. The third-order valence-electron chi connectivity index (χ3n) is 2.83. The summed E-state index contributed by atoms with van der Waals surface area (Å²) in [6, 6.07) is 11.0. The number of benzene rings is 1. The molecule has 0 nitrogen and oxygen atoms in total. The van der Waals surface area contributed by atoms with Crippen molar-refractivity contribution in [3.8, 4) is 0 Å². The molecule has 0 aromatic heterocycles. The van der Waals surface area contributed by atoms with Crippen LogP contribution in [0.25, 0.3) is 0 Å². The van der Waals surface area contributed by atoms with E-state index in [4.69, 9.17) is 0 Å². The van der Waals surface area contributed by atoms with E-state index < -0.39 is 0 Å². The summed E-state index contributed by atoms with van der Waals surface area (Å²) in [7, 11) is 0. The molecule has 0 heterocycles. The van der Waals surface area contributed by atoms with E-state index in [2.05, 4.69) is 66.8 Å². The fourth-order valence-electron chi connectivity index (χ4n) is 2.04. The van der Waals surface area contributed by atoms with Crippen LogP contribution in [-0.2, 0) is 0 Å². The third-order valence-corrected chi connectivity index (χ3v) is 4.32. The molecule has 0 saturated carbocycles. The van der Waals surface area contributed by atoms with Crippen LogP contribution in [0.4, 0.5) is 0 Å². The van der Waals surface area contributed by atoms with E-state index in [1.54, 1.807) is 0 Å². The first-order valence-corrected chi connectivity index (χ1v) is 7.23. The van der Waals surface area contributed by atoms with Gasteiger partial charge in [-0.2, -0.15) is 0 Å². The van der Waals surface area contributed by atoms with Crippen molar-refractivity contribution in [3.63, 3.8) is 0 Å². The molecule has 0 saturated heterocycles. The van der Waals surface area contributed by atoms with Gasteiger partial charge in [-0.05, 0) is 24.3 Å². The Balaban J connectivity index is 2.73. The average molecular weight is 316 g/mol. The Bertz CT molecular complexity index is 255. The first-order valence-electron chi connectivity index (χ1n) is 5.98. The highest BCUT2D eigenvalue weighted by Crippen LogP contribution is 2.32. The van der Waals surface area contributed by atoms with E-state index in [-0.39, 0.29) is 0 Å². The summed E-state index contributed by atoms with van der Waals surface area (Å²) < 4.78 is 0.787.